The van der Waals surface area contributed by atoms with Gasteiger partial charge in [0.05, 0.1) is 5.82 Å². The van der Waals surface area contributed by atoms with Crippen molar-refractivity contribution in [3.63, 3.8) is 0 Å². The van der Waals surface area contributed by atoms with Crippen molar-refractivity contribution in [1.82, 2.24) is 4.98 Å². The maximum atomic E-state index is 5.28. The van der Waals surface area contributed by atoms with Crippen LogP contribution >= 0.6 is 0 Å². The first-order chi connectivity index (χ1) is 4.79. The number of anilines is 1. The van der Waals surface area contributed by atoms with E-state index in [0.717, 1.165) is 5.82 Å². The van der Waals surface area contributed by atoms with E-state index in [1.165, 1.54) is 0 Å². The molecular weight excluding hydrogens is 126 g/mol. The Bertz CT molecular complexity index is 218. The molecule has 0 radical (unpaired) electrons. The Morgan fingerprint density at radius 2 is 2.40 bits per heavy atom. The first-order valence-corrected chi connectivity index (χ1v) is 2.91. The van der Waals surface area contributed by atoms with Gasteiger partial charge in [0.25, 0.3) is 0 Å². The van der Waals surface area contributed by atoms with Crippen LogP contribution in [0.1, 0.15) is 0 Å². The molecule has 0 aliphatic carbocycles. The zero-order chi connectivity index (χ0) is 7.40. The van der Waals surface area contributed by atoms with Crippen LogP contribution in [0.2, 0.25) is 0 Å². The highest BCUT2D eigenvalue weighted by Crippen LogP contribution is 1.99. The molecule has 0 unspecified atom stereocenters. The zero-order valence-electron chi connectivity index (χ0n) is 5.54. The minimum absolute atomic E-state index is 0.402. The van der Waals surface area contributed by atoms with Gasteiger partial charge in [-0.15, -0.1) is 0 Å². The van der Waals surface area contributed by atoms with Gasteiger partial charge in [-0.25, -0.2) is 4.98 Å². The van der Waals surface area contributed by atoms with E-state index in [0.29, 0.717) is 5.82 Å². The Kier molecular flexibility index (Phi) is 1.89. The lowest BCUT2D eigenvalue weighted by molar-refractivity contribution is 1.24. The Labute approximate surface area is 59.6 Å². The van der Waals surface area contributed by atoms with E-state index in [1.54, 1.807) is 6.20 Å². The molecule has 0 saturated heterocycles. The van der Waals surface area contributed by atoms with Crippen molar-refractivity contribution >= 4 is 5.82 Å². The van der Waals surface area contributed by atoms with Gasteiger partial charge in [-0.1, -0.05) is 12.6 Å². The fourth-order valence-corrected chi connectivity index (χ4v) is 0.601. The predicted octanol–water partition coefficient (Wildman–Crippen LogP) is 0.923. The van der Waals surface area contributed by atoms with Crippen molar-refractivity contribution < 1.29 is 0 Å². The number of nitrogens with one attached hydrogen (secondary N) is 1. The van der Waals surface area contributed by atoms with Crippen LogP contribution in [-0.2, 0) is 0 Å². The minimum atomic E-state index is 0.402. The SMILES string of the molecule is C=C(N)Nc1ccccn1. The first-order valence-electron chi connectivity index (χ1n) is 2.91. The molecular formula is C7H9N3. The van der Waals surface area contributed by atoms with E-state index >= 15 is 0 Å². The van der Waals surface area contributed by atoms with Crippen molar-refractivity contribution in [3.8, 4) is 0 Å². The monoisotopic (exact) mass is 135 g/mol. The number of hydrogen-bond acceptors (Lipinski definition) is 3. The average Bonchev–Trinajstić information content (AvgIpc) is 1.88. The third-order valence-corrected chi connectivity index (χ3v) is 0.954. The molecule has 0 saturated carbocycles. The molecule has 1 heterocycles. The van der Waals surface area contributed by atoms with Gasteiger partial charge in [0.15, 0.2) is 0 Å². The summed E-state index contributed by atoms with van der Waals surface area (Å²) in [7, 11) is 0. The molecule has 1 rings (SSSR count). The van der Waals surface area contributed by atoms with Crippen LogP contribution in [-0.4, -0.2) is 4.98 Å². The summed E-state index contributed by atoms with van der Waals surface area (Å²) in [5.74, 6) is 1.12. The Hall–Kier alpha value is -1.51. The molecule has 3 N–H and O–H groups in total. The second-order valence-electron chi connectivity index (χ2n) is 1.87. The molecule has 10 heavy (non-hydrogen) atoms. The Morgan fingerprint density at radius 3 is 2.90 bits per heavy atom. The van der Waals surface area contributed by atoms with Crippen molar-refractivity contribution in [2.24, 2.45) is 5.73 Å². The molecule has 0 spiro atoms. The van der Waals surface area contributed by atoms with E-state index in [1.807, 2.05) is 18.2 Å². The van der Waals surface area contributed by atoms with Gasteiger partial charge >= 0.3 is 0 Å². The van der Waals surface area contributed by atoms with E-state index in [2.05, 4.69) is 16.9 Å². The van der Waals surface area contributed by atoms with Crippen molar-refractivity contribution in [3.05, 3.63) is 36.8 Å². The molecule has 0 atom stereocenters. The molecule has 1 aromatic rings. The number of nitrogens with two attached hydrogens (primary N) is 1. The van der Waals surface area contributed by atoms with Crippen LogP contribution in [0.3, 0.4) is 0 Å². The van der Waals surface area contributed by atoms with Crippen LogP contribution in [0.15, 0.2) is 36.8 Å². The van der Waals surface area contributed by atoms with Crippen LogP contribution in [0.5, 0.6) is 0 Å². The predicted molar refractivity (Wildman–Crippen MR) is 41.2 cm³/mol. The molecule has 3 nitrogen and oxygen atoms in total. The summed E-state index contributed by atoms with van der Waals surface area (Å²) in [6, 6.07) is 5.53. The maximum Gasteiger partial charge on any atom is 0.131 e. The van der Waals surface area contributed by atoms with Crippen LogP contribution in [0, 0.1) is 0 Å². The van der Waals surface area contributed by atoms with E-state index in [9.17, 15) is 0 Å². The summed E-state index contributed by atoms with van der Waals surface area (Å²) in [6.45, 7) is 3.48. The Morgan fingerprint density at radius 1 is 1.60 bits per heavy atom. The smallest absolute Gasteiger partial charge is 0.131 e. The summed E-state index contributed by atoms with van der Waals surface area (Å²) in [4.78, 5) is 3.97. The Balaban J connectivity index is 2.67. The lowest BCUT2D eigenvalue weighted by Crippen LogP contribution is -2.07. The van der Waals surface area contributed by atoms with Gasteiger partial charge in [0.1, 0.15) is 5.82 Å². The summed E-state index contributed by atoms with van der Waals surface area (Å²) in [5.41, 5.74) is 5.28. The van der Waals surface area contributed by atoms with E-state index in [-0.39, 0.29) is 0 Å². The third-order valence-electron chi connectivity index (χ3n) is 0.954. The lowest BCUT2D eigenvalue weighted by atomic mass is 10.5. The van der Waals surface area contributed by atoms with Gasteiger partial charge in [0.2, 0.25) is 0 Å². The minimum Gasteiger partial charge on any atom is -0.386 e. The molecule has 52 valence electrons. The summed E-state index contributed by atoms with van der Waals surface area (Å²) in [6.07, 6.45) is 1.69. The van der Waals surface area contributed by atoms with Crippen LogP contribution in [0.25, 0.3) is 0 Å². The van der Waals surface area contributed by atoms with Gasteiger partial charge in [-0.3, -0.25) is 0 Å². The second-order valence-corrected chi connectivity index (χ2v) is 1.87. The fraction of sp³-hybridized carbons (Fsp3) is 0. The molecule has 0 bridgehead atoms. The van der Waals surface area contributed by atoms with Gasteiger partial charge in [-0.05, 0) is 12.1 Å². The number of pyridine rings is 1. The number of nitrogens with zero attached hydrogens (tertiary/aromatic N) is 1. The van der Waals surface area contributed by atoms with E-state index < -0.39 is 0 Å². The van der Waals surface area contributed by atoms with Crippen molar-refractivity contribution in [2.75, 3.05) is 5.32 Å². The second kappa shape index (κ2) is 2.87. The highest BCUT2D eigenvalue weighted by atomic mass is 15.0. The number of rotatable bonds is 2. The number of aromatic nitrogens is 1. The average molecular weight is 135 g/mol. The topological polar surface area (TPSA) is 50.9 Å². The highest BCUT2D eigenvalue weighted by Gasteiger charge is 1.87. The van der Waals surface area contributed by atoms with Crippen molar-refractivity contribution in [1.29, 1.82) is 0 Å². The molecule has 0 amide bonds. The third kappa shape index (κ3) is 1.78. The van der Waals surface area contributed by atoms with Gasteiger partial charge in [-0.2, -0.15) is 0 Å². The van der Waals surface area contributed by atoms with E-state index in [4.69, 9.17) is 5.73 Å². The molecule has 0 aliphatic rings. The fourth-order valence-electron chi connectivity index (χ4n) is 0.601. The highest BCUT2D eigenvalue weighted by molar-refractivity contribution is 5.38. The summed E-state index contributed by atoms with van der Waals surface area (Å²) >= 11 is 0. The molecule has 1 aromatic heterocycles. The van der Waals surface area contributed by atoms with Crippen LogP contribution < -0.4 is 11.1 Å². The number of hydrogen-bond donors (Lipinski definition) is 2. The molecule has 3 heteroatoms. The summed E-state index contributed by atoms with van der Waals surface area (Å²) in [5, 5.41) is 2.78. The lowest BCUT2D eigenvalue weighted by Gasteiger charge is -2.00. The largest absolute Gasteiger partial charge is 0.386 e. The quantitative estimate of drug-likeness (QED) is 0.634. The normalized spacial score (nSPS) is 8.80. The summed E-state index contributed by atoms with van der Waals surface area (Å²) < 4.78 is 0. The van der Waals surface area contributed by atoms with Gasteiger partial charge < -0.3 is 11.1 Å². The zero-order valence-corrected chi connectivity index (χ0v) is 5.54. The maximum absolute atomic E-state index is 5.28. The van der Waals surface area contributed by atoms with Crippen molar-refractivity contribution in [2.45, 2.75) is 0 Å². The molecule has 0 aliphatic heterocycles. The standard InChI is InChI=1S/C7H9N3/c1-6(8)10-7-4-2-3-5-9-7/h2-5H,1,8H2,(H,9,10). The molecule has 0 aromatic carbocycles. The first kappa shape index (κ1) is 6.61. The van der Waals surface area contributed by atoms with Gasteiger partial charge in [0, 0.05) is 6.20 Å². The van der Waals surface area contributed by atoms with Crippen LogP contribution in [0.4, 0.5) is 5.82 Å². The molecule has 0 fully saturated rings.